The van der Waals surface area contributed by atoms with Gasteiger partial charge in [0.2, 0.25) is 0 Å². The highest BCUT2D eigenvalue weighted by Crippen LogP contribution is 2.22. The van der Waals surface area contributed by atoms with Crippen LogP contribution in [0.25, 0.3) is 10.9 Å². The first-order chi connectivity index (χ1) is 9.75. The number of carboxylic acid groups (broad SMARTS) is 1. The van der Waals surface area contributed by atoms with Crippen molar-refractivity contribution in [3.05, 3.63) is 36.0 Å². The highest BCUT2D eigenvalue weighted by Gasteiger charge is 2.17. The van der Waals surface area contributed by atoms with Crippen molar-refractivity contribution in [3.8, 4) is 0 Å². The van der Waals surface area contributed by atoms with E-state index in [0.717, 1.165) is 49.7 Å². The van der Waals surface area contributed by atoms with Crippen LogP contribution in [0.2, 0.25) is 0 Å². The third kappa shape index (κ3) is 2.56. The van der Waals surface area contributed by atoms with Crippen LogP contribution in [0.1, 0.15) is 36.2 Å². The fraction of sp³-hybridized carbons (Fsp3) is 0.438. The van der Waals surface area contributed by atoms with Crippen LogP contribution >= 0.6 is 0 Å². The Morgan fingerprint density at radius 1 is 1.40 bits per heavy atom. The van der Waals surface area contributed by atoms with Crippen LogP contribution in [-0.2, 0) is 11.3 Å². The summed E-state index contributed by atoms with van der Waals surface area (Å²) >= 11 is 0. The number of hydrogen-bond donors (Lipinski definition) is 1. The Morgan fingerprint density at radius 3 is 3.00 bits per heavy atom. The van der Waals surface area contributed by atoms with Gasteiger partial charge in [-0.1, -0.05) is 18.2 Å². The molecule has 1 aromatic carbocycles. The lowest BCUT2D eigenvalue weighted by molar-refractivity contribution is 0.0685. The van der Waals surface area contributed by atoms with E-state index in [1.807, 2.05) is 28.8 Å². The van der Waals surface area contributed by atoms with E-state index < -0.39 is 5.97 Å². The Balaban J connectivity index is 1.78. The van der Waals surface area contributed by atoms with E-state index in [9.17, 15) is 9.90 Å². The molecule has 1 aliphatic rings. The number of hydrogen-bond acceptors (Lipinski definition) is 2. The Labute approximate surface area is 118 Å². The predicted molar refractivity (Wildman–Crippen MR) is 77.1 cm³/mol. The molecule has 0 aliphatic carbocycles. The summed E-state index contributed by atoms with van der Waals surface area (Å²) in [6, 6.07) is 9.57. The summed E-state index contributed by atoms with van der Waals surface area (Å²) in [4.78, 5) is 11.4. The zero-order valence-electron chi connectivity index (χ0n) is 11.4. The number of aromatic carboxylic acids is 1. The van der Waals surface area contributed by atoms with Crippen molar-refractivity contribution >= 4 is 16.9 Å². The number of ether oxygens (including phenoxy) is 1. The van der Waals surface area contributed by atoms with Crippen molar-refractivity contribution in [2.45, 2.75) is 38.3 Å². The molecule has 1 atom stereocenters. The molecule has 1 aromatic heterocycles. The number of carboxylic acids is 1. The summed E-state index contributed by atoms with van der Waals surface area (Å²) in [6.07, 6.45) is 4.61. The molecule has 0 amide bonds. The maximum Gasteiger partial charge on any atom is 0.352 e. The fourth-order valence-electron chi connectivity index (χ4n) is 2.98. The van der Waals surface area contributed by atoms with Gasteiger partial charge >= 0.3 is 5.97 Å². The van der Waals surface area contributed by atoms with Crippen LogP contribution in [0.4, 0.5) is 0 Å². The highest BCUT2D eigenvalue weighted by atomic mass is 16.5. The average Bonchev–Trinajstić information content (AvgIpc) is 3.07. The lowest BCUT2D eigenvalue weighted by Crippen LogP contribution is -2.11. The molecular weight excluding hydrogens is 254 g/mol. The number of para-hydroxylation sites is 1. The van der Waals surface area contributed by atoms with E-state index >= 15 is 0 Å². The molecule has 4 nitrogen and oxygen atoms in total. The molecule has 3 rings (SSSR count). The van der Waals surface area contributed by atoms with E-state index in [1.54, 1.807) is 6.07 Å². The summed E-state index contributed by atoms with van der Waals surface area (Å²) in [7, 11) is 0. The van der Waals surface area contributed by atoms with Crippen molar-refractivity contribution in [2.75, 3.05) is 6.61 Å². The van der Waals surface area contributed by atoms with Crippen molar-refractivity contribution in [1.29, 1.82) is 0 Å². The quantitative estimate of drug-likeness (QED) is 0.909. The van der Waals surface area contributed by atoms with E-state index in [1.165, 1.54) is 0 Å². The second-order valence-electron chi connectivity index (χ2n) is 5.32. The van der Waals surface area contributed by atoms with Crippen LogP contribution in [0.15, 0.2) is 30.3 Å². The van der Waals surface area contributed by atoms with Gasteiger partial charge in [0.25, 0.3) is 0 Å². The number of aromatic nitrogens is 1. The van der Waals surface area contributed by atoms with E-state index in [4.69, 9.17) is 4.74 Å². The number of fused-ring (bicyclic) bond motifs is 1. The maximum atomic E-state index is 11.4. The Morgan fingerprint density at radius 2 is 2.25 bits per heavy atom. The van der Waals surface area contributed by atoms with Gasteiger partial charge in [-0.25, -0.2) is 4.79 Å². The minimum atomic E-state index is -0.863. The monoisotopic (exact) mass is 273 g/mol. The highest BCUT2D eigenvalue weighted by molar-refractivity contribution is 5.94. The minimum Gasteiger partial charge on any atom is -0.477 e. The Bertz CT molecular complexity index is 611. The molecule has 0 saturated carbocycles. The Hall–Kier alpha value is -1.81. The molecule has 2 aromatic rings. The molecule has 1 N–H and O–H groups in total. The number of rotatable bonds is 5. The minimum absolute atomic E-state index is 0.366. The molecule has 4 heteroatoms. The van der Waals surface area contributed by atoms with Gasteiger partial charge in [0.05, 0.1) is 6.10 Å². The van der Waals surface area contributed by atoms with Crippen LogP contribution < -0.4 is 0 Å². The zero-order valence-corrected chi connectivity index (χ0v) is 11.4. The number of nitrogens with zero attached hydrogens (tertiary/aromatic N) is 1. The third-order valence-electron chi connectivity index (χ3n) is 3.96. The molecule has 1 aliphatic heterocycles. The molecule has 0 radical (unpaired) electrons. The first-order valence-corrected chi connectivity index (χ1v) is 7.19. The largest absolute Gasteiger partial charge is 0.477 e. The molecular formula is C16H19NO3. The second kappa shape index (κ2) is 5.67. The van der Waals surface area contributed by atoms with E-state index in [-0.39, 0.29) is 0 Å². The SMILES string of the molecule is O=C(O)c1cc2ccccc2n1CCCC1CCCO1. The van der Waals surface area contributed by atoms with Crippen molar-refractivity contribution in [3.63, 3.8) is 0 Å². The van der Waals surface area contributed by atoms with Gasteiger partial charge in [0.1, 0.15) is 5.69 Å². The summed E-state index contributed by atoms with van der Waals surface area (Å²) in [5, 5.41) is 10.3. The topological polar surface area (TPSA) is 51.5 Å². The summed E-state index contributed by atoms with van der Waals surface area (Å²) < 4.78 is 7.52. The zero-order chi connectivity index (χ0) is 13.9. The standard InChI is InChI=1S/C16H19NO3/c18-16(19)15-11-12-5-1-2-8-14(12)17(15)9-3-6-13-7-4-10-20-13/h1-2,5,8,11,13H,3-4,6-7,9-10H2,(H,18,19). The molecule has 20 heavy (non-hydrogen) atoms. The van der Waals surface area contributed by atoms with Gasteiger partial charge < -0.3 is 14.4 Å². The lowest BCUT2D eigenvalue weighted by atomic mass is 10.1. The second-order valence-corrected chi connectivity index (χ2v) is 5.32. The van der Waals surface area contributed by atoms with Crippen molar-refractivity contribution in [1.82, 2.24) is 4.57 Å². The predicted octanol–water partition coefficient (Wildman–Crippen LogP) is 3.30. The van der Waals surface area contributed by atoms with Crippen LogP contribution in [0, 0.1) is 0 Å². The first kappa shape index (κ1) is 13.2. The molecule has 2 heterocycles. The number of carbonyl (C=O) groups is 1. The summed E-state index contributed by atoms with van der Waals surface area (Å²) in [5.41, 5.74) is 1.37. The van der Waals surface area contributed by atoms with E-state index in [0.29, 0.717) is 11.8 Å². The lowest BCUT2D eigenvalue weighted by Gasteiger charge is -2.11. The van der Waals surface area contributed by atoms with Gasteiger partial charge in [-0.15, -0.1) is 0 Å². The number of aryl methyl sites for hydroxylation is 1. The van der Waals surface area contributed by atoms with Crippen LogP contribution in [0.5, 0.6) is 0 Å². The van der Waals surface area contributed by atoms with Crippen molar-refractivity contribution in [2.24, 2.45) is 0 Å². The molecule has 1 fully saturated rings. The normalized spacial score (nSPS) is 18.7. The molecule has 1 saturated heterocycles. The number of benzene rings is 1. The third-order valence-corrected chi connectivity index (χ3v) is 3.96. The fourth-order valence-corrected chi connectivity index (χ4v) is 2.98. The summed E-state index contributed by atoms with van der Waals surface area (Å²) in [6.45, 7) is 1.60. The van der Waals surface area contributed by atoms with Gasteiger partial charge in [0.15, 0.2) is 0 Å². The Kier molecular flexibility index (Phi) is 3.74. The van der Waals surface area contributed by atoms with Gasteiger partial charge in [-0.2, -0.15) is 0 Å². The molecule has 1 unspecified atom stereocenters. The first-order valence-electron chi connectivity index (χ1n) is 7.19. The smallest absolute Gasteiger partial charge is 0.352 e. The van der Waals surface area contributed by atoms with E-state index in [2.05, 4.69) is 0 Å². The molecule has 0 bridgehead atoms. The van der Waals surface area contributed by atoms with Gasteiger partial charge in [-0.05, 0) is 37.8 Å². The van der Waals surface area contributed by atoms with Gasteiger partial charge in [-0.3, -0.25) is 0 Å². The average molecular weight is 273 g/mol. The van der Waals surface area contributed by atoms with Crippen LogP contribution in [0.3, 0.4) is 0 Å². The summed E-state index contributed by atoms with van der Waals surface area (Å²) in [5.74, 6) is -0.863. The van der Waals surface area contributed by atoms with Crippen molar-refractivity contribution < 1.29 is 14.6 Å². The van der Waals surface area contributed by atoms with Crippen LogP contribution in [-0.4, -0.2) is 28.4 Å². The van der Waals surface area contributed by atoms with Gasteiger partial charge in [0, 0.05) is 24.1 Å². The molecule has 106 valence electrons. The maximum absolute atomic E-state index is 11.4. The molecule has 0 spiro atoms.